The minimum atomic E-state index is 0.442. The third-order valence-corrected chi connectivity index (χ3v) is 6.82. The number of nitrogens with zero attached hydrogens (tertiary/aromatic N) is 2. The van der Waals surface area contributed by atoms with Crippen LogP contribution < -0.4 is 15.0 Å². The summed E-state index contributed by atoms with van der Waals surface area (Å²) in [6, 6.07) is 24.9. The summed E-state index contributed by atoms with van der Waals surface area (Å²) in [5.74, 6) is 1.58. The molecule has 0 aromatic heterocycles. The van der Waals surface area contributed by atoms with Crippen LogP contribution >= 0.6 is 0 Å². The molecule has 5 heteroatoms. The Bertz CT molecular complexity index is 1550. The van der Waals surface area contributed by atoms with Crippen molar-refractivity contribution in [2.24, 2.45) is 0 Å². The van der Waals surface area contributed by atoms with Crippen LogP contribution in [0.5, 0.6) is 5.75 Å². The van der Waals surface area contributed by atoms with Crippen LogP contribution in [0.4, 0.5) is 5.69 Å². The summed E-state index contributed by atoms with van der Waals surface area (Å²) in [4.78, 5) is 4.62. The topological polar surface area (TPSA) is 52.7 Å². The Hall–Kier alpha value is -3.83. The van der Waals surface area contributed by atoms with Gasteiger partial charge in [0.25, 0.3) is 0 Å². The molecule has 3 aromatic carbocycles. The van der Waals surface area contributed by atoms with Crippen LogP contribution in [-0.4, -0.2) is 45.7 Å². The predicted molar refractivity (Wildman–Crippen MR) is 149 cm³/mol. The third-order valence-electron chi connectivity index (χ3n) is 6.82. The number of nitrogens with one attached hydrogen (secondary N) is 1. The quantitative estimate of drug-likeness (QED) is 0.254. The van der Waals surface area contributed by atoms with Crippen molar-refractivity contribution < 1.29 is 9.15 Å². The van der Waals surface area contributed by atoms with Crippen molar-refractivity contribution >= 4 is 27.4 Å². The second-order valence-electron chi connectivity index (χ2n) is 9.53. The molecule has 0 fully saturated rings. The lowest BCUT2D eigenvalue weighted by molar-refractivity contribution is 0.400. The Kier molecular flexibility index (Phi) is 6.66. The van der Waals surface area contributed by atoms with Crippen LogP contribution in [0.25, 0.3) is 44.2 Å². The first kappa shape index (κ1) is 23.9. The summed E-state index contributed by atoms with van der Waals surface area (Å²) in [6.07, 6.45) is 1.10. The van der Waals surface area contributed by atoms with E-state index in [1.165, 1.54) is 0 Å². The minimum absolute atomic E-state index is 0.442. The van der Waals surface area contributed by atoms with Crippen molar-refractivity contribution in [2.75, 3.05) is 45.7 Å². The average molecular weight is 480 g/mol. The highest BCUT2D eigenvalue weighted by atomic mass is 16.5. The average Bonchev–Trinajstić information content (AvgIpc) is 2.88. The molecular formula is C31H33N3O2. The van der Waals surface area contributed by atoms with Crippen LogP contribution in [0.15, 0.2) is 77.2 Å². The highest BCUT2D eigenvalue weighted by molar-refractivity contribution is 6.04. The molecule has 5 nitrogen and oxygen atoms in total. The molecule has 2 aliphatic rings. The third kappa shape index (κ3) is 4.67. The molecule has 0 saturated carbocycles. The fourth-order valence-corrected chi connectivity index (χ4v) is 4.94. The van der Waals surface area contributed by atoms with Crippen molar-refractivity contribution in [3.63, 3.8) is 0 Å². The van der Waals surface area contributed by atoms with Crippen molar-refractivity contribution in [3.05, 3.63) is 78.2 Å². The van der Waals surface area contributed by atoms with Crippen molar-refractivity contribution in [1.29, 1.82) is 5.41 Å². The number of ether oxygens (including phenoxy) is 1. The van der Waals surface area contributed by atoms with E-state index in [0.29, 0.717) is 5.36 Å². The van der Waals surface area contributed by atoms with E-state index < -0.39 is 0 Å². The smallest absolute Gasteiger partial charge is 0.137 e. The first-order valence-electron chi connectivity index (χ1n) is 12.5. The molecule has 0 amide bonds. The summed E-state index contributed by atoms with van der Waals surface area (Å²) >= 11 is 0. The molecule has 0 bridgehead atoms. The maximum atomic E-state index is 8.17. The van der Waals surface area contributed by atoms with Gasteiger partial charge in [-0.3, -0.25) is 0 Å². The SMILES string of the molecule is CCN(CCCN(C)C)c1ccc2c(-c3ccc4cc(OC)ccc4c3)c3ccc(=N)cc-3oc2c1. The molecule has 0 spiro atoms. The van der Waals surface area contributed by atoms with Gasteiger partial charge in [0.05, 0.1) is 12.5 Å². The highest BCUT2D eigenvalue weighted by Crippen LogP contribution is 2.41. The standard InChI is InChI=1S/C31H33N3O2/c1-5-34(16-6-15-33(2)3)25-11-14-28-30(20-25)36-29-19-24(32)10-13-27(29)31(28)23-8-7-22-18-26(35-4)12-9-21(22)17-23/h7-14,17-20,32H,5-6,15-16H2,1-4H3. The van der Waals surface area contributed by atoms with E-state index in [1.54, 1.807) is 7.11 Å². The molecule has 1 N–H and O–H groups in total. The van der Waals surface area contributed by atoms with Gasteiger partial charge in [-0.1, -0.05) is 18.2 Å². The number of methoxy groups -OCH3 is 1. The first-order valence-corrected chi connectivity index (χ1v) is 12.5. The van der Waals surface area contributed by atoms with Gasteiger partial charge in [0.1, 0.15) is 17.1 Å². The second kappa shape index (κ2) is 10.0. The van der Waals surface area contributed by atoms with Gasteiger partial charge in [-0.25, -0.2) is 0 Å². The van der Waals surface area contributed by atoms with Gasteiger partial charge in [0.2, 0.25) is 0 Å². The summed E-state index contributed by atoms with van der Waals surface area (Å²) in [5, 5.41) is 12.0. The molecule has 0 saturated heterocycles. The van der Waals surface area contributed by atoms with Crippen molar-refractivity contribution in [1.82, 2.24) is 4.90 Å². The number of benzene rings is 4. The van der Waals surface area contributed by atoms with E-state index >= 15 is 0 Å². The van der Waals surface area contributed by atoms with Gasteiger partial charge in [0, 0.05) is 47.4 Å². The van der Waals surface area contributed by atoms with E-state index in [2.05, 4.69) is 79.3 Å². The minimum Gasteiger partial charge on any atom is -0.497 e. The number of anilines is 1. The molecule has 0 radical (unpaired) electrons. The van der Waals surface area contributed by atoms with Gasteiger partial charge >= 0.3 is 0 Å². The molecule has 3 aromatic rings. The van der Waals surface area contributed by atoms with Crippen molar-refractivity contribution in [3.8, 4) is 28.2 Å². The number of rotatable bonds is 8. The molecule has 1 aliphatic heterocycles. The van der Waals surface area contributed by atoms with Gasteiger partial charge in [0.15, 0.2) is 0 Å². The van der Waals surface area contributed by atoms with Crippen LogP contribution in [0.3, 0.4) is 0 Å². The van der Waals surface area contributed by atoms with Crippen LogP contribution in [0, 0.1) is 5.41 Å². The van der Waals surface area contributed by atoms with Gasteiger partial charge in [-0.2, -0.15) is 0 Å². The zero-order valence-electron chi connectivity index (χ0n) is 21.5. The van der Waals surface area contributed by atoms with Gasteiger partial charge < -0.3 is 24.4 Å². The summed E-state index contributed by atoms with van der Waals surface area (Å²) in [6.45, 7) is 5.18. The largest absolute Gasteiger partial charge is 0.497 e. The maximum absolute atomic E-state index is 8.17. The van der Waals surface area contributed by atoms with Crippen LogP contribution in [0.2, 0.25) is 0 Å². The summed E-state index contributed by atoms with van der Waals surface area (Å²) in [7, 11) is 5.92. The Morgan fingerprint density at radius 3 is 2.44 bits per heavy atom. The molecule has 5 rings (SSSR count). The molecule has 36 heavy (non-hydrogen) atoms. The number of hydrogen-bond acceptors (Lipinski definition) is 5. The zero-order chi connectivity index (χ0) is 25.2. The molecule has 0 unspecified atom stereocenters. The molecule has 184 valence electrons. The fraction of sp³-hybridized carbons (Fsp3) is 0.258. The Morgan fingerprint density at radius 2 is 1.67 bits per heavy atom. The van der Waals surface area contributed by atoms with E-state index in [1.807, 2.05) is 24.3 Å². The Balaban J connectivity index is 1.66. The number of hydrogen-bond donors (Lipinski definition) is 1. The second-order valence-corrected chi connectivity index (χ2v) is 9.53. The van der Waals surface area contributed by atoms with E-state index in [4.69, 9.17) is 14.6 Å². The molecular weight excluding hydrogens is 446 g/mol. The summed E-state index contributed by atoms with van der Waals surface area (Å²) in [5.41, 5.74) is 5.26. The first-order chi connectivity index (χ1) is 17.5. The van der Waals surface area contributed by atoms with E-state index in [-0.39, 0.29) is 0 Å². The molecule has 0 atom stereocenters. The van der Waals surface area contributed by atoms with Crippen LogP contribution in [0.1, 0.15) is 13.3 Å². The van der Waals surface area contributed by atoms with Crippen LogP contribution in [-0.2, 0) is 0 Å². The molecule has 1 aliphatic carbocycles. The Labute approximate surface area is 212 Å². The van der Waals surface area contributed by atoms with E-state index in [9.17, 15) is 0 Å². The normalized spacial score (nSPS) is 11.6. The summed E-state index contributed by atoms with van der Waals surface area (Å²) < 4.78 is 11.8. The van der Waals surface area contributed by atoms with Gasteiger partial charge in [-0.15, -0.1) is 0 Å². The molecule has 1 heterocycles. The highest BCUT2D eigenvalue weighted by Gasteiger charge is 2.18. The van der Waals surface area contributed by atoms with Crippen molar-refractivity contribution in [2.45, 2.75) is 13.3 Å². The maximum Gasteiger partial charge on any atom is 0.137 e. The predicted octanol–water partition coefficient (Wildman–Crippen LogP) is 6.62. The lowest BCUT2D eigenvalue weighted by Crippen LogP contribution is -2.26. The fourth-order valence-electron chi connectivity index (χ4n) is 4.94. The Morgan fingerprint density at radius 1 is 0.861 bits per heavy atom. The number of fused-ring (bicyclic) bond motifs is 3. The van der Waals surface area contributed by atoms with Gasteiger partial charge in [-0.05, 0) is 92.8 Å². The van der Waals surface area contributed by atoms with E-state index in [0.717, 1.165) is 81.7 Å². The monoisotopic (exact) mass is 479 g/mol. The zero-order valence-corrected chi connectivity index (χ0v) is 21.5. The lowest BCUT2D eigenvalue weighted by Gasteiger charge is -2.25. The lowest BCUT2D eigenvalue weighted by atomic mass is 9.92.